The third kappa shape index (κ3) is 3.54. The van der Waals surface area contributed by atoms with Crippen molar-refractivity contribution in [2.45, 2.75) is 0 Å². The van der Waals surface area contributed by atoms with Crippen molar-refractivity contribution in [2.24, 2.45) is 0 Å². The largest absolute Gasteiger partial charge is 0.274 e. The summed E-state index contributed by atoms with van der Waals surface area (Å²) in [7, 11) is 0. The van der Waals surface area contributed by atoms with Gasteiger partial charge in [-0.15, -0.1) is 0 Å². The Hall–Kier alpha value is -5.46. The Balaban J connectivity index is 1.86. The van der Waals surface area contributed by atoms with Crippen LogP contribution in [0, 0.1) is 11.3 Å². The number of nitrogens with zero attached hydrogens (tertiary/aromatic N) is 2. The van der Waals surface area contributed by atoms with Crippen LogP contribution in [0.2, 0.25) is 0 Å². The molecule has 0 unspecified atom stereocenters. The molecule has 0 bridgehead atoms. The molecule has 3 nitrogen and oxygen atoms in total. The third-order valence-electron chi connectivity index (χ3n) is 7.40. The monoisotopic (exact) mass is 498 g/mol. The summed E-state index contributed by atoms with van der Waals surface area (Å²) in [5.41, 5.74) is 6.99. The van der Waals surface area contributed by atoms with Gasteiger partial charge in [-0.3, -0.25) is 9.20 Å². The predicted octanol–water partition coefficient (Wildman–Crippen LogP) is 8.48. The Labute approximate surface area is 225 Å². The van der Waals surface area contributed by atoms with Gasteiger partial charge in [0.05, 0.1) is 22.8 Å². The van der Waals surface area contributed by atoms with Crippen LogP contribution in [-0.4, -0.2) is 4.40 Å². The molecule has 0 N–H and O–H groups in total. The standard InChI is InChI=1S/C36H22N2O/c37-23-24-20-21-29-31(22-24)36(39)38-34(27-16-8-3-9-17-27)32(25-12-4-1-5-13-25)28-18-10-11-19-30(28)35(38)33(29)26-14-6-2-7-15-26/h1-22H. The van der Waals surface area contributed by atoms with Crippen molar-refractivity contribution in [3.8, 4) is 39.6 Å². The molecule has 0 atom stereocenters. The van der Waals surface area contributed by atoms with Gasteiger partial charge in [0.2, 0.25) is 0 Å². The van der Waals surface area contributed by atoms with Gasteiger partial charge in [0.15, 0.2) is 0 Å². The number of fused-ring (bicyclic) bond motifs is 4. The van der Waals surface area contributed by atoms with E-state index in [1.54, 1.807) is 12.1 Å². The maximum Gasteiger partial charge on any atom is 0.263 e. The maximum atomic E-state index is 14.6. The van der Waals surface area contributed by atoms with Crippen LogP contribution in [-0.2, 0) is 0 Å². The lowest BCUT2D eigenvalue weighted by molar-refractivity contribution is 1.14. The summed E-state index contributed by atoms with van der Waals surface area (Å²) >= 11 is 0. The van der Waals surface area contributed by atoms with E-state index in [9.17, 15) is 10.1 Å². The van der Waals surface area contributed by atoms with E-state index in [4.69, 9.17) is 0 Å². The van der Waals surface area contributed by atoms with Crippen LogP contribution in [0.25, 0.3) is 60.6 Å². The lowest BCUT2D eigenvalue weighted by Gasteiger charge is -2.22. The molecule has 39 heavy (non-hydrogen) atoms. The van der Waals surface area contributed by atoms with Crippen LogP contribution < -0.4 is 5.56 Å². The zero-order chi connectivity index (χ0) is 26.3. The molecule has 2 aromatic heterocycles. The molecular weight excluding hydrogens is 476 g/mol. The topological polar surface area (TPSA) is 45.3 Å². The summed E-state index contributed by atoms with van der Waals surface area (Å²) in [5, 5.41) is 13.1. The highest BCUT2D eigenvalue weighted by Crippen LogP contribution is 2.43. The van der Waals surface area contributed by atoms with Crippen LogP contribution in [0.4, 0.5) is 0 Å². The second-order valence-electron chi connectivity index (χ2n) is 9.60. The van der Waals surface area contributed by atoms with E-state index in [1.807, 2.05) is 71.1 Å². The molecule has 0 amide bonds. The predicted molar refractivity (Wildman–Crippen MR) is 160 cm³/mol. The van der Waals surface area contributed by atoms with E-state index in [-0.39, 0.29) is 5.56 Å². The van der Waals surface area contributed by atoms with Crippen LogP contribution in [0.15, 0.2) is 138 Å². The number of pyridine rings is 2. The fourth-order valence-corrected chi connectivity index (χ4v) is 5.75. The first-order valence-electron chi connectivity index (χ1n) is 12.9. The summed E-state index contributed by atoms with van der Waals surface area (Å²) in [5.74, 6) is 0. The van der Waals surface area contributed by atoms with E-state index in [0.29, 0.717) is 10.9 Å². The van der Waals surface area contributed by atoms with Crippen molar-refractivity contribution < 1.29 is 0 Å². The van der Waals surface area contributed by atoms with E-state index in [2.05, 4.69) is 60.7 Å². The summed E-state index contributed by atoms with van der Waals surface area (Å²) in [6.07, 6.45) is 0. The molecule has 0 aliphatic rings. The first kappa shape index (κ1) is 22.7. The van der Waals surface area contributed by atoms with Gasteiger partial charge < -0.3 is 0 Å². The van der Waals surface area contributed by atoms with E-state index in [1.165, 1.54) is 0 Å². The highest BCUT2D eigenvalue weighted by Gasteiger charge is 2.23. The quantitative estimate of drug-likeness (QED) is 0.181. The van der Waals surface area contributed by atoms with E-state index >= 15 is 0 Å². The Morgan fingerprint density at radius 2 is 1.03 bits per heavy atom. The van der Waals surface area contributed by atoms with Gasteiger partial charge in [0.1, 0.15) is 0 Å². The minimum absolute atomic E-state index is 0.140. The smallest absolute Gasteiger partial charge is 0.263 e. The maximum absolute atomic E-state index is 14.6. The zero-order valence-electron chi connectivity index (χ0n) is 21.0. The first-order valence-corrected chi connectivity index (χ1v) is 12.9. The fourth-order valence-electron chi connectivity index (χ4n) is 5.75. The minimum Gasteiger partial charge on any atom is -0.274 e. The Morgan fingerprint density at radius 1 is 0.513 bits per heavy atom. The van der Waals surface area contributed by atoms with Crippen molar-refractivity contribution in [1.82, 2.24) is 4.40 Å². The van der Waals surface area contributed by atoms with Crippen molar-refractivity contribution in [3.63, 3.8) is 0 Å². The second kappa shape index (κ2) is 9.13. The summed E-state index contributed by atoms with van der Waals surface area (Å²) < 4.78 is 1.88. The fraction of sp³-hybridized carbons (Fsp3) is 0. The number of nitriles is 1. The Kier molecular flexibility index (Phi) is 5.32. The van der Waals surface area contributed by atoms with Gasteiger partial charge in [-0.05, 0) is 39.6 Å². The Bertz CT molecular complexity index is 2120. The molecule has 7 aromatic rings. The molecule has 5 aromatic carbocycles. The highest BCUT2D eigenvalue weighted by atomic mass is 16.1. The molecule has 3 heteroatoms. The van der Waals surface area contributed by atoms with Crippen LogP contribution in [0.1, 0.15) is 5.56 Å². The van der Waals surface area contributed by atoms with Crippen molar-refractivity contribution in [1.29, 1.82) is 5.26 Å². The van der Waals surface area contributed by atoms with Crippen LogP contribution in [0.5, 0.6) is 0 Å². The van der Waals surface area contributed by atoms with Gasteiger partial charge in [-0.25, -0.2) is 0 Å². The first-order chi connectivity index (χ1) is 19.3. The molecule has 0 radical (unpaired) electrons. The molecule has 0 aliphatic heterocycles. The van der Waals surface area contributed by atoms with Gasteiger partial charge in [0, 0.05) is 21.9 Å². The molecule has 0 saturated heterocycles. The third-order valence-corrected chi connectivity index (χ3v) is 7.40. The highest BCUT2D eigenvalue weighted by molar-refractivity contribution is 6.17. The molecule has 0 spiro atoms. The number of hydrogen-bond acceptors (Lipinski definition) is 2. The average Bonchev–Trinajstić information content (AvgIpc) is 3.01. The molecule has 0 aliphatic carbocycles. The van der Waals surface area contributed by atoms with E-state index in [0.717, 1.165) is 55.2 Å². The van der Waals surface area contributed by atoms with Crippen molar-refractivity contribution in [3.05, 3.63) is 149 Å². The number of benzene rings is 5. The van der Waals surface area contributed by atoms with Crippen LogP contribution >= 0.6 is 0 Å². The lowest BCUT2D eigenvalue weighted by atomic mass is 9.89. The number of aromatic nitrogens is 1. The van der Waals surface area contributed by atoms with Gasteiger partial charge >= 0.3 is 0 Å². The molecule has 7 rings (SSSR count). The van der Waals surface area contributed by atoms with Gasteiger partial charge in [-0.1, -0.05) is 121 Å². The number of hydrogen-bond donors (Lipinski definition) is 0. The summed E-state index contributed by atoms with van der Waals surface area (Å²) in [6.45, 7) is 0. The van der Waals surface area contributed by atoms with Gasteiger partial charge in [-0.2, -0.15) is 5.26 Å². The van der Waals surface area contributed by atoms with Crippen molar-refractivity contribution >= 4 is 27.1 Å². The number of rotatable bonds is 3. The van der Waals surface area contributed by atoms with E-state index < -0.39 is 0 Å². The zero-order valence-corrected chi connectivity index (χ0v) is 21.0. The lowest BCUT2D eigenvalue weighted by Crippen LogP contribution is -2.18. The molecule has 0 saturated carbocycles. The second-order valence-corrected chi connectivity index (χ2v) is 9.60. The minimum atomic E-state index is -0.140. The SMILES string of the molecule is N#Cc1ccc2c(-c3ccccc3)c3c4ccccc4c(-c4ccccc4)c(-c4ccccc4)n3c(=O)c2c1. The summed E-state index contributed by atoms with van der Waals surface area (Å²) in [4.78, 5) is 14.6. The van der Waals surface area contributed by atoms with Crippen molar-refractivity contribution in [2.75, 3.05) is 0 Å². The summed E-state index contributed by atoms with van der Waals surface area (Å²) in [6, 6.07) is 46.6. The average molecular weight is 499 g/mol. The molecular formula is C36H22N2O. The molecule has 0 fully saturated rings. The van der Waals surface area contributed by atoms with Crippen LogP contribution in [0.3, 0.4) is 0 Å². The Morgan fingerprint density at radius 3 is 1.64 bits per heavy atom. The van der Waals surface area contributed by atoms with Gasteiger partial charge in [0.25, 0.3) is 5.56 Å². The molecule has 2 heterocycles. The molecule has 182 valence electrons. The normalized spacial score (nSPS) is 11.2.